The quantitative estimate of drug-likeness (QED) is 0.300. The topological polar surface area (TPSA) is 144 Å². The van der Waals surface area contributed by atoms with Crippen LogP contribution in [0.4, 0.5) is 0 Å². The number of amides is 1. The van der Waals surface area contributed by atoms with Gasteiger partial charge in [-0.3, -0.25) is 4.79 Å². The molecule has 0 saturated heterocycles. The normalized spacial score (nSPS) is 12.3. The van der Waals surface area contributed by atoms with E-state index in [4.69, 9.17) is 4.74 Å². The number of hydrogen-bond donors (Lipinski definition) is 2. The lowest BCUT2D eigenvalue weighted by atomic mass is 10.2. The predicted molar refractivity (Wildman–Crippen MR) is 137 cm³/mol. The third-order valence-electron chi connectivity index (χ3n) is 5.46. The van der Waals surface area contributed by atoms with Crippen molar-refractivity contribution in [1.29, 1.82) is 0 Å². The van der Waals surface area contributed by atoms with Crippen LogP contribution < -0.4 is 10.2 Å². The minimum atomic E-state index is -4.16. The fourth-order valence-corrected chi connectivity index (χ4v) is 7.97. The summed E-state index contributed by atoms with van der Waals surface area (Å²) in [6, 6.07) is 7.69. The Labute approximate surface area is 210 Å². The van der Waals surface area contributed by atoms with Gasteiger partial charge in [-0.05, 0) is 49.6 Å². The van der Waals surface area contributed by atoms with Gasteiger partial charge in [0.1, 0.15) is 27.0 Å². The number of phenolic OH excluding ortho intramolecular Hbond substituents is 1. The van der Waals surface area contributed by atoms with E-state index in [1.807, 2.05) is 0 Å². The Morgan fingerprint density at radius 1 is 1.08 bits per heavy atom. The Kier molecular flexibility index (Phi) is 8.09. The molecule has 194 valence electrons. The molecule has 2 N–H and O–H groups in total. The molecule has 1 amide bonds. The predicted octanol–water partition coefficient (Wildman–Crippen LogP) is 3.09. The number of rotatable bonds is 10. The molecule has 0 aliphatic carbocycles. The summed E-state index contributed by atoms with van der Waals surface area (Å²) in [5, 5.41) is 13.9. The smallest absolute Gasteiger partial charge is 0.289 e. The summed E-state index contributed by atoms with van der Waals surface area (Å²) in [4.78, 5) is 12.5. The molecule has 1 aromatic carbocycles. The molecule has 0 aliphatic rings. The van der Waals surface area contributed by atoms with Crippen molar-refractivity contribution in [3.8, 4) is 11.5 Å². The number of carbonyl (C=O) groups excluding carboxylic acids is 1. The summed E-state index contributed by atoms with van der Waals surface area (Å²) in [5.74, 6) is -1.19. The molecule has 0 spiro atoms. The number of carbonyl (C=O) groups is 1. The van der Waals surface area contributed by atoms with Gasteiger partial charge in [0.25, 0.3) is 5.91 Å². The summed E-state index contributed by atoms with van der Waals surface area (Å²) in [6.45, 7) is 4.99. The van der Waals surface area contributed by atoms with E-state index in [2.05, 4.69) is 10.5 Å². The number of aromatic hydroxyl groups is 1. The van der Waals surface area contributed by atoms with E-state index in [1.165, 1.54) is 36.1 Å². The summed E-state index contributed by atoms with van der Waals surface area (Å²) in [6.07, 6.45) is 3.13. The van der Waals surface area contributed by atoms with E-state index < -0.39 is 30.5 Å². The van der Waals surface area contributed by atoms with Crippen LogP contribution >= 0.6 is 0 Å². The summed E-state index contributed by atoms with van der Waals surface area (Å²) >= 11 is 0. The van der Waals surface area contributed by atoms with Gasteiger partial charge in [0.05, 0.1) is 30.3 Å². The van der Waals surface area contributed by atoms with Crippen LogP contribution in [0.3, 0.4) is 0 Å². The number of nitrogens with zero attached hydrogens (tertiary/aromatic N) is 2. The molecule has 12 heteroatoms. The molecule has 10 nitrogen and oxygen atoms in total. The van der Waals surface area contributed by atoms with Crippen LogP contribution in [0.2, 0.25) is 0 Å². The van der Waals surface area contributed by atoms with Crippen LogP contribution in [0.25, 0.3) is 5.52 Å². The van der Waals surface area contributed by atoms with Crippen LogP contribution in [0.5, 0.6) is 11.5 Å². The molecule has 0 fully saturated rings. The number of aromatic nitrogens is 1. The highest BCUT2D eigenvalue weighted by Gasteiger charge is 2.37. The van der Waals surface area contributed by atoms with E-state index >= 15 is 0 Å². The number of methoxy groups -OCH3 is 1. The summed E-state index contributed by atoms with van der Waals surface area (Å²) in [7, 11) is -6.75. The first kappa shape index (κ1) is 27.2. The van der Waals surface area contributed by atoms with E-state index in [0.29, 0.717) is 11.3 Å². The molecular formula is C24H29N3O7S2. The molecule has 0 bridgehead atoms. The van der Waals surface area contributed by atoms with Crippen molar-refractivity contribution in [2.45, 2.75) is 43.4 Å². The number of benzene rings is 1. The zero-order valence-electron chi connectivity index (χ0n) is 20.5. The molecule has 0 atom stereocenters. The fourth-order valence-electron chi connectivity index (χ4n) is 3.92. The van der Waals surface area contributed by atoms with Crippen LogP contribution in [0.1, 0.15) is 48.3 Å². The minimum absolute atomic E-state index is 0.114. The Bertz CT molecular complexity index is 1540. The maximum absolute atomic E-state index is 13.4. The Morgan fingerprint density at radius 3 is 2.33 bits per heavy atom. The number of pyridine rings is 1. The van der Waals surface area contributed by atoms with Gasteiger partial charge >= 0.3 is 0 Å². The van der Waals surface area contributed by atoms with Crippen molar-refractivity contribution < 1.29 is 31.5 Å². The van der Waals surface area contributed by atoms with Gasteiger partial charge in [0.15, 0.2) is 19.7 Å². The lowest BCUT2D eigenvalue weighted by Crippen LogP contribution is -2.23. The monoisotopic (exact) mass is 535 g/mol. The van der Waals surface area contributed by atoms with Crippen molar-refractivity contribution in [3.05, 3.63) is 53.3 Å². The minimum Gasteiger partial charge on any atom is -0.507 e. The number of nitrogens with one attached hydrogen (secondary N) is 1. The number of ether oxygens (including phenoxy) is 1. The molecule has 0 radical (unpaired) electrons. The Morgan fingerprint density at radius 2 is 1.72 bits per heavy atom. The van der Waals surface area contributed by atoms with Crippen LogP contribution in [0.15, 0.2) is 51.4 Å². The summed E-state index contributed by atoms with van der Waals surface area (Å²) < 4.78 is 59.8. The lowest BCUT2D eigenvalue weighted by Gasteiger charge is -2.09. The highest BCUT2D eigenvalue weighted by molar-refractivity contribution is 7.94. The van der Waals surface area contributed by atoms with Gasteiger partial charge in [0, 0.05) is 11.8 Å². The number of phenols is 1. The maximum atomic E-state index is 13.4. The largest absolute Gasteiger partial charge is 0.507 e. The molecular weight excluding hydrogens is 506 g/mol. The number of hydrogen-bond acceptors (Lipinski definition) is 8. The first-order valence-corrected chi connectivity index (χ1v) is 14.6. The maximum Gasteiger partial charge on any atom is 0.289 e. The first-order valence-electron chi connectivity index (χ1n) is 11.3. The Hall–Kier alpha value is -3.38. The van der Waals surface area contributed by atoms with Crippen molar-refractivity contribution in [2.24, 2.45) is 5.10 Å². The lowest BCUT2D eigenvalue weighted by molar-refractivity contribution is 0.0945. The van der Waals surface area contributed by atoms with Crippen molar-refractivity contribution in [3.63, 3.8) is 0 Å². The number of sulfone groups is 2. The highest BCUT2D eigenvalue weighted by Crippen LogP contribution is 2.36. The SMILES string of the molecule is CCCS(=O)(=O)c1c(S(=O)(=O)CCC)c2c(C)cccn2c1C(=O)NN=Cc1cc(OC)ccc1O. The van der Waals surface area contributed by atoms with Crippen molar-refractivity contribution in [2.75, 3.05) is 18.6 Å². The average Bonchev–Trinajstić information content (AvgIpc) is 3.19. The van der Waals surface area contributed by atoms with Crippen molar-refractivity contribution >= 4 is 37.3 Å². The molecule has 0 unspecified atom stereocenters. The molecule has 2 aromatic heterocycles. The zero-order chi connectivity index (χ0) is 26.7. The third kappa shape index (κ3) is 5.24. The van der Waals surface area contributed by atoms with Gasteiger partial charge in [0.2, 0.25) is 0 Å². The third-order valence-corrected chi connectivity index (χ3v) is 9.52. The van der Waals surface area contributed by atoms with E-state index in [0.717, 1.165) is 0 Å². The first-order chi connectivity index (χ1) is 17.0. The van der Waals surface area contributed by atoms with Crippen LogP contribution in [0, 0.1) is 6.92 Å². The molecule has 36 heavy (non-hydrogen) atoms. The molecule has 2 heterocycles. The van der Waals surface area contributed by atoms with Gasteiger partial charge in [-0.1, -0.05) is 19.9 Å². The fraction of sp³-hybridized carbons (Fsp3) is 0.333. The molecule has 3 aromatic rings. The molecule has 0 saturated carbocycles. The van der Waals surface area contributed by atoms with Crippen LogP contribution in [-0.4, -0.2) is 57.1 Å². The van der Waals surface area contributed by atoms with E-state index in [9.17, 15) is 26.7 Å². The average molecular weight is 536 g/mol. The highest BCUT2D eigenvalue weighted by atomic mass is 32.2. The number of hydrazone groups is 1. The van der Waals surface area contributed by atoms with E-state index in [1.54, 1.807) is 39.0 Å². The van der Waals surface area contributed by atoms with Crippen molar-refractivity contribution in [1.82, 2.24) is 9.83 Å². The second-order valence-electron chi connectivity index (χ2n) is 8.18. The number of aryl methyl sites for hydroxylation is 1. The zero-order valence-corrected chi connectivity index (χ0v) is 22.1. The standard InChI is InChI=1S/C24H29N3O7S2/c1-5-12-35(30,31)22-20-16(3)8-7-11-27(20)21(23(22)36(32,33)13-6-2)24(29)26-25-15-17-14-18(34-4)9-10-19(17)28/h7-11,14-15,28H,5-6,12-13H2,1-4H3,(H,26,29). The Balaban J connectivity index is 2.24. The van der Waals surface area contributed by atoms with Gasteiger partial charge in [-0.15, -0.1) is 0 Å². The number of fused-ring (bicyclic) bond motifs is 1. The van der Waals surface area contributed by atoms with Crippen LogP contribution in [-0.2, 0) is 19.7 Å². The van der Waals surface area contributed by atoms with Gasteiger partial charge < -0.3 is 14.2 Å². The summed E-state index contributed by atoms with van der Waals surface area (Å²) in [5.41, 5.74) is 2.82. The molecule has 3 rings (SSSR count). The van der Waals surface area contributed by atoms with Gasteiger partial charge in [-0.25, -0.2) is 22.3 Å². The second kappa shape index (κ2) is 10.7. The second-order valence-corrected chi connectivity index (χ2v) is 12.3. The van der Waals surface area contributed by atoms with E-state index in [-0.39, 0.29) is 51.8 Å². The van der Waals surface area contributed by atoms with Gasteiger partial charge in [-0.2, -0.15) is 5.10 Å². The molecule has 0 aliphatic heterocycles.